The lowest BCUT2D eigenvalue weighted by molar-refractivity contribution is -0.115. The zero-order chi connectivity index (χ0) is 25.6. The van der Waals surface area contributed by atoms with Gasteiger partial charge in [0.2, 0.25) is 11.8 Å². The molecule has 1 amide bonds. The first-order chi connectivity index (χ1) is 17.2. The predicted octanol–water partition coefficient (Wildman–Crippen LogP) is 6.72. The van der Waals surface area contributed by atoms with E-state index in [9.17, 15) is 13.2 Å². The third kappa shape index (κ3) is 4.85. The Morgan fingerprint density at radius 1 is 1.06 bits per heavy atom. The molecule has 0 radical (unpaired) electrons. The molecular formula is C26H21Cl3N2O4S. The van der Waals surface area contributed by atoms with Crippen LogP contribution < -0.4 is 5.32 Å². The summed E-state index contributed by atoms with van der Waals surface area (Å²) in [5.74, 6) is 0.294. The van der Waals surface area contributed by atoms with Crippen LogP contribution in [0.25, 0.3) is 11.1 Å². The third-order valence-corrected chi connectivity index (χ3v) is 8.22. The lowest BCUT2D eigenvalue weighted by atomic mass is 9.95. The van der Waals surface area contributed by atoms with Gasteiger partial charge >= 0.3 is 0 Å². The first-order valence-electron chi connectivity index (χ1n) is 11.2. The molecule has 3 aromatic carbocycles. The fraction of sp³-hybridized carbons (Fsp3) is 0.231. The van der Waals surface area contributed by atoms with E-state index in [0.717, 1.165) is 24.0 Å². The minimum atomic E-state index is -2.55. The van der Waals surface area contributed by atoms with Crippen molar-refractivity contribution >= 4 is 68.2 Å². The number of hydrogen-bond donors (Lipinski definition) is 2. The lowest BCUT2D eigenvalue weighted by Crippen LogP contribution is -2.16. The molecule has 1 unspecified atom stereocenters. The SMILES string of the molecule is CC(c1ccc(CC(=O)Nc2cc(Cl)c(C3(c4nc5ccc(Cl)cc5o4)CC3)c(Cl)c2)cc1)[SH](=O)=O. The molecule has 0 aliphatic heterocycles. The number of nitrogens with zero attached hydrogens (tertiary/aromatic N) is 1. The Bertz CT molecular complexity index is 1530. The highest BCUT2D eigenvalue weighted by Gasteiger charge is 2.52. The maximum atomic E-state index is 12.6. The summed E-state index contributed by atoms with van der Waals surface area (Å²) < 4.78 is 28.4. The standard InChI is InChI=1S/C26H21Cl3N2O4S/c1-14(36(33)34)16-4-2-15(3-5-16)10-23(32)30-18-12-19(28)24(20(29)13-18)26(8-9-26)25-31-21-7-6-17(27)11-22(21)35-25/h2-7,11-14,36H,8-10H2,1H3,(H,30,32). The molecule has 0 spiro atoms. The summed E-state index contributed by atoms with van der Waals surface area (Å²) in [5, 5.41) is 3.66. The molecule has 1 aromatic heterocycles. The Kier molecular flexibility index (Phi) is 6.76. The molecule has 1 fully saturated rings. The van der Waals surface area contributed by atoms with Gasteiger partial charge in [-0.3, -0.25) is 4.79 Å². The number of hydrogen-bond acceptors (Lipinski definition) is 5. The number of amides is 1. The van der Waals surface area contributed by atoms with Gasteiger partial charge in [0.25, 0.3) is 0 Å². The number of nitrogens with one attached hydrogen (secondary N) is 1. The van der Waals surface area contributed by atoms with Crippen LogP contribution in [0.15, 0.2) is 59.0 Å². The van der Waals surface area contributed by atoms with Crippen molar-refractivity contribution in [2.24, 2.45) is 0 Å². The van der Waals surface area contributed by atoms with Crippen molar-refractivity contribution in [3.63, 3.8) is 0 Å². The van der Waals surface area contributed by atoms with Crippen molar-refractivity contribution in [3.8, 4) is 0 Å². The van der Waals surface area contributed by atoms with Crippen LogP contribution in [-0.2, 0) is 27.3 Å². The molecule has 1 N–H and O–H groups in total. The molecule has 1 saturated carbocycles. The second-order valence-corrected chi connectivity index (χ2v) is 11.6. The van der Waals surface area contributed by atoms with E-state index in [1.165, 1.54) is 0 Å². The first-order valence-corrected chi connectivity index (χ1v) is 13.6. The number of fused-ring (bicyclic) bond motifs is 1. The van der Waals surface area contributed by atoms with E-state index < -0.39 is 21.4 Å². The van der Waals surface area contributed by atoms with Crippen molar-refractivity contribution in [2.45, 2.75) is 36.9 Å². The first kappa shape index (κ1) is 25.1. The second kappa shape index (κ2) is 9.71. The summed E-state index contributed by atoms with van der Waals surface area (Å²) in [7, 11) is -2.55. The van der Waals surface area contributed by atoms with E-state index in [0.29, 0.717) is 43.3 Å². The molecule has 4 aromatic rings. The Labute approximate surface area is 224 Å². The summed E-state index contributed by atoms with van der Waals surface area (Å²) in [6.45, 7) is 1.62. The van der Waals surface area contributed by atoms with E-state index in [2.05, 4.69) is 10.3 Å². The van der Waals surface area contributed by atoms with Crippen LogP contribution in [0.3, 0.4) is 0 Å². The number of benzene rings is 3. The number of aromatic nitrogens is 1. The molecule has 1 aliphatic carbocycles. The van der Waals surface area contributed by atoms with Crippen LogP contribution in [-0.4, -0.2) is 19.3 Å². The number of carbonyl (C=O) groups excluding carboxylic acids is 1. The summed E-state index contributed by atoms with van der Waals surface area (Å²) in [5.41, 5.74) is 3.43. The maximum Gasteiger partial charge on any atom is 0.228 e. The largest absolute Gasteiger partial charge is 0.440 e. The number of oxazole rings is 1. The predicted molar refractivity (Wildman–Crippen MR) is 143 cm³/mol. The highest BCUT2D eigenvalue weighted by Crippen LogP contribution is 2.57. The molecule has 10 heteroatoms. The molecule has 0 saturated heterocycles. The minimum absolute atomic E-state index is 0.116. The maximum absolute atomic E-state index is 12.6. The summed E-state index contributed by atoms with van der Waals surface area (Å²) >= 11 is 19.4. The van der Waals surface area contributed by atoms with E-state index in [1.807, 2.05) is 6.07 Å². The molecule has 36 heavy (non-hydrogen) atoms. The molecule has 5 rings (SSSR count). The average Bonchev–Trinajstić information content (AvgIpc) is 3.49. The Balaban J connectivity index is 1.34. The quantitative estimate of drug-likeness (QED) is 0.244. The zero-order valence-corrected chi connectivity index (χ0v) is 22.2. The highest BCUT2D eigenvalue weighted by atomic mass is 35.5. The fourth-order valence-corrected chi connectivity index (χ4v) is 5.75. The van der Waals surface area contributed by atoms with Gasteiger partial charge in [-0.2, -0.15) is 0 Å². The van der Waals surface area contributed by atoms with Crippen LogP contribution >= 0.6 is 34.8 Å². The van der Waals surface area contributed by atoms with Crippen LogP contribution in [0.5, 0.6) is 0 Å². The van der Waals surface area contributed by atoms with Crippen molar-refractivity contribution in [1.82, 2.24) is 4.98 Å². The summed E-state index contributed by atoms with van der Waals surface area (Å²) in [4.78, 5) is 17.3. The molecular weight excluding hydrogens is 543 g/mol. The van der Waals surface area contributed by atoms with Crippen LogP contribution in [0.2, 0.25) is 15.1 Å². The van der Waals surface area contributed by atoms with Crippen molar-refractivity contribution in [3.05, 3.63) is 92.2 Å². The van der Waals surface area contributed by atoms with Gasteiger partial charge in [0, 0.05) is 32.4 Å². The topological polar surface area (TPSA) is 89.3 Å². The van der Waals surface area contributed by atoms with Gasteiger partial charge in [-0.25, -0.2) is 13.4 Å². The number of rotatable bonds is 7. The van der Waals surface area contributed by atoms with E-state index >= 15 is 0 Å². The third-order valence-electron chi connectivity index (χ3n) is 6.46. The molecule has 6 nitrogen and oxygen atoms in total. The van der Waals surface area contributed by atoms with Gasteiger partial charge < -0.3 is 9.73 Å². The highest BCUT2D eigenvalue weighted by molar-refractivity contribution is 7.72. The fourth-order valence-electron chi connectivity index (χ4n) is 4.33. The molecule has 1 atom stereocenters. The molecule has 186 valence electrons. The smallest absolute Gasteiger partial charge is 0.228 e. The average molecular weight is 564 g/mol. The monoisotopic (exact) mass is 562 g/mol. The van der Waals surface area contributed by atoms with Gasteiger partial charge in [-0.1, -0.05) is 59.1 Å². The molecule has 0 bridgehead atoms. The van der Waals surface area contributed by atoms with E-state index in [-0.39, 0.29) is 12.3 Å². The van der Waals surface area contributed by atoms with Gasteiger partial charge in [-0.05, 0) is 55.2 Å². The van der Waals surface area contributed by atoms with Crippen molar-refractivity contribution < 1.29 is 17.6 Å². The Morgan fingerprint density at radius 2 is 1.72 bits per heavy atom. The zero-order valence-electron chi connectivity index (χ0n) is 19.1. The van der Waals surface area contributed by atoms with Crippen LogP contribution in [0.1, 0.15) is 47.6 Å². The molecule has 1 aliphatic rings. The van der Waals surface area contributed by atoms with Crippen molar-refractivity contribution in [2.75, 3.05) is 5.32 Å². The van der Waals surface area contributed by atoms with Crippen LogP contribution in [0.4, 0.5) is 5.69 Å². The molecule has 1 heterocycles. The number of halogens is 3. The Hall–Kier alpha value is -2.58. The van der Waals surface area contributed by atoms with Crippen LogP contribution in [0, 0.1) is 0 Å². The minimum Gasteiger partial charge on any atom is -0.440 e. The number of carbonyl (C=O) groups is 1. The van der Waals surface area contributed by atoms with E-state index in [1.54, 1.807) is 55.5 Å². The lowest BCUT2D eigenvalue weighted by Gasteiger charge is -2.17. The number of anilines is 1. The second-order valence-electron chi connectivity index (χ2n) is 8.96. The van der Waals surface area contributed by atoms with Gasteiger partial charge in [-0.15, -0.1) is 0 Å². The van der Waals surface area contributed by atoms with E-state index in [4.69, 9.17) is 39.2 Å². The Morgan fingerprint density at radius 3 is 2.33 bits per heavy atom. The number of thiol groups is 1. The van der Waals surface area contributed by atoms with Crippen molar-refractivity contribution in [1.29, 1.82) is 0 Å². The van der Waals surface area contributed by atoms with Gasteiger partial charge in [0.1, 0.15) is 16.2 Å². The normalized spacial score (nSPS) is 15.2. The summed E-state index contributed by atoms with van der Waals surface area (Å²) in [6, 6.07) is 15.6. The summed E-state index contributed by atoms with van der Waals surface area (Å²) in [6.07, 6.45) is 1.69. The van der Waals surface area contributed by atoms with Gasteiger partial charge in [0.15, 0.2) is 5.58 Å². The van der Waals surface area contributed by atoms with Gasteiger partial charge in [0.05, 0.1) is 17.1 Å².